The molecule has 1 N–H and O–H groups in total. The lowest BCUT2D eigenvalue weighted by molar-refractivity contribution is -0.143. The van der Waals surface area contributed by atoms with Crippen molar-refractivity contribution in [3.63, 3.8) is 0 Å². The predicted molar refractivity (Wildman–Crippen MR) is 167 cm³/mol. The van der Waals surface area contributed by atoms with Crippen LogP contribution >= 0.6 is 11.8 Å². The molecule has 0 aliphatic heterocycles. The molecule has 0 heterocycles. The van der Waals surface area contributed by atoms with Crippen molar-refractivity contribution in [2.24, 2.45) is 11.3 Å². The van der Waals surface area contributed by atoms with Crippen LogP contribution in [0.25, 0.3) is 0 Å². The molecule has 220 valence electrons. The number of aliphatic hydroxyl groups is 1. The number of carbonyl (C=O) groups is 1. The van der Waals surface area contributed by atoms with Crippen molar-refractivity contribution >= 4 is 17.7 Å². The van der Waals surface area contributed by atoms with Crippen molar-refractivity contribution in [1.82, 2.24) is 0 Å². The number of esters is 1. The van der Waals surface area contributed by atoms with Crippen LogP contribution in [0.1, 0.15) is 143 Å². The SMILES string of the molecule is CCCCCCCCCCCCCOC(=O)C(CCC(CO)C(C)(C)C)SCc1cccc(C(C)(C)C)c1. The van der Waals surface area contributed by atoms with E-state index in [0.29, 0.717) is 6.61 Å². The van der Waals surface area contributed by atoms with Gasteiger partial charge in [-0.25, -0.2) is 0 Å². The van der Waals surface area contributed by atoms with Gasteiger partial charge in [0, 0.05) is 12.4 Å². The molecule has 0 radical (unpaired) electrons. The third-order valence-corrected chi connectivity index (χ3v) is 9.05. The number of thioether (sulfide) groups is 1. The van der Waals surface area contributed by atoms with Crippen LogP contribution in [0.3, 0.4) is 0 Å². The minimum Gasteiger partial charge on any atom is -0.465 e. The normalized spacial score (nSPS) is 13.9. The molecule has 0 amide bonds. The summed E-state index contributed by atoms with van der Waals surface area (Å²) in [5.41, 5.74) is 2.69. The monoisotopic (exact) mass is 548 g/mol. The minimum atomic E-state index is -0.197. The fourth-order valence-electron chi connectivity index (χ4n) is 4.78. The molecule has 2 unspecified atom stereocenters. The van der Waals surface area contributed by atoms with Crippen LogP contribution in [0.2, 0.25) is 0 Å². The first-order chi connectivity index (χ1) is 18.0. The van der Waals surface area contributed by atoms with E-state index in [4.69, 9.17) is 4.74 Å². The van der Waals surface area contributed by atoms with Crippen molar-refractivity contribution < 1.29 is 14.6 Å². The first kappa shape index (κ1) is 35.0. The highest BCUT2D eigenvalue weighted by Gasteiger charge is 2.28. The van der Waals surface area contributed by atoms with Gasteiger partial charge in [0.2, 0.25) is 0 Å². The number of hydrogen-bond acceptors (Lipinski definition) is 4. The van der Waals surface area contributed by atoms with Crippen molar-refractivity contribution in [3.05, 3.63) is 35.4 Å². The highest BCUT2D eigenvalue weighted by Crippen LogP contribution is 2.33. The van der Waals surface area contributed by atoms with Gasteiger partial charge in [-0.3, -0.25) is 4.79 Å². The summed E-state index contributed by atoms with van der Waals surface area (Å²) in [6.07, 6.45) is 15.7. The highest BCUT2D eigenvalue weighted by molar-refractivity contribution is 7.99. The van der Waals surface area contributed by atoms with Crippen LogP contribution in [0, 0.1) is 11.3 Å². The third kappa shape index (κ3) is 15.6. The Bertz CT molecular complexity index is 747. The predicted octanol–water partition coefficient (Wildman–Crippen LogP) is 9.87. The summed E-state index contributed by atoms with van der Waals surface area (Å²) >= 11 is 1.69. The lowest BCUT2D eigenvalue weighted by Gasteiger charge is -2.30. The van der Waals surface area contributed by atoms with Crippen molar-refractivity contribution in [1.29, 1.82) is 0 Å². The number of rotatable bonds is 20. The number of benzene rings is 1. The molecular weight excluding hydrogens is 488 g/mol. The second kappa shape index (κ2) is 19.1. The fraction of sp³-hybridized carbons (Fsp3) is 0.794. The molecule has 1 aromatic rings. The van der Waals surface area contributed by atoms with E-state index < -0.39 is 0 Å². The zero-order valence-corrected chi connectivity index (χ0v) is 26.8. The number of aliphatic hydroxyl groups excluding tert-OH is 1. The maximum absolute atomic E-state index is 13.1. The van der Waals surface area contributed by atoms with Gasteiger partial charge in [0.25, 0.3) is 0 Å². The summed E-state index contributed by atoms with van der Waals surface area (Å²) < 4.78 is 5.78. The van der Waals surface area contributed by atoms with E-state index in [9.17, 15) is 9.90 Å². The van der Waals surface area contributed by atoms with Crippen molar-refractivity contribution in [3.8, 4) is 0 Å². The summed E-state index contributed by atoms with van der Waals surface area (Å²) in [6.45, 7) is 16.1. The molecule has 0 aliphatic carbocycles. The van der Waals surface area contributed by atoms with Gasteiger partial charge in [0.15, 0.2) is 0 Å². The Morgan fingerprint density at radius 3 is 1.97 bits per heavy atom. The Balaban J connectivity index is 2.51. The molecular formula is C34H60O3S. The first-order valence-corrected chi connectivity index (χ1v) is 16.5. The number of hydrogen-bond donors (Lipinski definition) is 1. The molecule has 0 saturated carbocycles. The van der Waals surface area contributed by atoms with E-state index in [1.807, 2.05) is 0 Å². The van der Waals surface area contributed by atoms with Crippen LogP contribution in [0.4, 0.5) is 0 Å². The van der Waals surface area contributed by atoms with Crippen LogP contribution in [0.5, 0.6) is 0 Å². The molecule has 0 spiro atoms. The van der Waals surface area contributed by atoms with E-state index in [1.54, 1.807) is 11.8 Å². The van der Waals surface area contributed by atoms with Gasteiger partial charge in [0.1, 0.15) is 5.25 Å². The van der Waals surface area contributed by atoms with Crippen molar-refractivity contribution in [2.45, 2.75) is 148 Å². The van der Waals surface area contributed by atoms with E-state index in [0.717, 1.165) is 31.4 Å². The molecule has 38 heavy (non-hydrogen) atoms. The van der Waals surface area contributed by atoms with Crippen LogP contribution < -0.4 is 0 Å². The third-order valence-electron chi connectivity index (χ3n) is 7.72. The topological polar surface area (TPSA) is 46.5 Å². The summed E-state index contributed by atoms with van der Waals surface area (Å²) in [4.78, 5) is 13.1. The molecule has 4 heteroatoms. The number of unbranched alkanes of at least 4 members (excludes halogenated alkanes) is 10. The summed E-state index contributed by atoms with van der Waals surface area (Å²) in [5.74, 6) is 0.885. The van der Waals surface area contributed by atoms with E-state index in [2.05, 4.69) is 72.7 Å². The fourth-order valence-corrected chi connectivity index (χ4v) is 5.86. The minimum absolute atomic E-state index is 0.0183. The summed E-state index contributed by atoms with van der Waals surface area (Å²) in [5, 5.41) is 9.73. The zero-order valence-electron chi connectivity index (χ0n) is 25.9. The summed E-state index contributed by atoms with van der Waals surface area (Å²) in [7, 11) is 0. The van der Waals surface area contributed by atoms with Gasteiger partial charge in [-0.05, 0) is 47.1 Å². The van der Waals surface area contributed by atoms with Crippen LogP contribution in [-0.4, -0.2) is 29.5 Å². The Hall–Kier alpha value is -1.00. The molecule has 1 rings (SSSR count). The van der Waals surface area contributed by atoms with E-state index >= 15 is 0 Å². The molecule has 1 aromatic carbocycles. The average molecular weight is 549 g/mol. The molecule has 0 aliphatic rings. The molecule has 0 aromatic heterocycles. The Kier molecular flexibility index (Phi) is 17.6. The van der Waals surface area contributed by atoms with Crippen LogP contribution in [-0.2, 0) is 20.7 Å². The molecule has 2 atom stereocenters. The molecule has 3 nitrogen and oxygen atoms in total. The van der Waals surface area contributed by atoms with Crippen molar-refractivity contribution in [2.75, 3.05) is 13.2 Å². The maximum Gasteiger partial charge on any atom is 0.319 e. The Morgan fingerprint density at radius 2 is 1.45 bits per heavy atom. The second-order valence-corrected chi connectivity index (χ2v) is 14.5. The maximum atomic E-state index is 13.1. The van der Waals surface area contributed by atoms with E-state index in [1.165, 1.54) is 68.9 Å². The standard InChI is InChI=1S/C34H60O3S/c1-8-9-10-11-12-13-14-15-16-17-18-24-37-32(36)31(23-22-30(26-35)34(5,6)7)38-27-28-20-19-21-29(25-28)33(2,3)4/h19-21,25,30-31,35H,8-18,22-24,26-27H2,1-7H3. The Morgan fingerprint density at radius 1 is 0.868 bits per heavy atom. The molecule has 0 bridgehead atoms. The second-order valence-electron chi connectivity index (χ2n) is 13.3. The van der Waals surface area contributed by atoms with Gasteiger partial charge in [0.05, 0.1) is 6.61 Å². The molecule has 0 saturated heterocycles. The van der Waals surface area contributed by atoms with Gasteiger partial charge >= 0.3 is 5.97 Å². The van der Waals surface area contributed by atoms with Gasteiger partial charge < -0.3 is 9.84 Å². The van der Waals surface area contributed by atoms with Gasteiger partial charge in [-0.15, -0.1) is 11.8 Å². The van der Waals surface area contributed by atoms with Gasteiger partial charge in [-0.1, -0.05) is 137 Å². The van der Waals surface area contributed by atoms with E-state index in [-0.39, 0.29) is 34.6 Å². The molecule has 0 fully saturated rings. The lowest BCUT2D eigenvalue weighted by Crippen LogP contribution is -2.27. The first-order valence-electron chi connectivity index (χ1n) is 15.5. The lowest BCUT2D eigenvalue weighted by atomic mass is 9.78. The quantitative estimate of drug-likeness (QED) is 0.130. The zero-order chi connectivity index (χ0) is 28.4. The highest BCUT2D eigenvalue weighted by atomic mass is 32.2. The number of carbonyl (C=O) groups excluding carboxylic acids is 1. The van der Waals surface area contributed by atoms with Gasteiger partial charge in [-0.2, -0.15) is 0 Å². The largest absolute Gasteiger partial charge is 0.465 e. The summed E-state index contributed by atoms with van der Waals surface area (Å²) in [6, 6.07) is 8.73. The smallest absolute Gasteiger partial charge is 0.319 e. The average Bonchev–Trinajstić information content (AvgIpc) is 2.85. The Labute approximate surface area is 240 Å². The van der Waals surface area contributed by atoms with Crippen LogP contribution in [0.15, 0.2) is 24.3 Å². The number of ether oxygens (including phenoxy) is 1.